The fourth-order valence-electron chi connectivity index (χ4n) is 3.21. The van der Waals surface area contributed by atoms with Crippen LogP contribution in [0.5, 0.6) is 11.5 Å². The van der Waals surface area contributed by atoms with E-state index in [1.807, 2.05) is 7.05 Å². The van der Waals surface area contributed by atoms with Crippen molar-refractivity contribution < 1.29 is 14.3 Å². The fraction of sp³-hybridized carbons (Fsp3) is 0.500. The molecule has 0 atom stereocenters. The molecule has 2 N–H and O–H groups in total. The van der Waals surface area contributed by atoms with Gasteiger partial charge in [-0.15, -0.1) is 10.2 Å². The Kier molecular flexibility index (Phi) is 6.33. The first kappa shape index (κ1) is 19.2. The fourth-order valence-corrected chi connectivity index (χ4v) is 3.98. The molecule has 0 saturated heterocycles. The van der Waals surface area contributed by atoms with Gasteiger partial charge in [0.2, 0.25) is 10.3 Å². The normalized spacial score (nSPS) is 14.5. The summed E-state index contributed by atoms with van der Waals surface area (Å²) in [4.78, 5) is 14.4. The van der Waals surface area contributed by atoms with Crippen molar-refractivity contribution in [1.29, 1.82) is 0 Å². The van der Waals surface area contributed by atoms with Gasteiger partial charge in [-0.05, 0) is 25.0 Å². The molecule has 8 nitrogen and oxygen atoms in total. The summed E-state index contributed by atoms with van der Waals surface area (Å²) in [5.74, 6) is 1.14. The third kappa shape index (κ3) is 4.79. The second-order valence-corrected chi connectivity index (χ2v) is 7.40. The van der Waals surface area contributed by atoms with E-state index in [-0.39, 0.29) is 6.03 Å². The summed E-state index contributed by atoms with van der Waals surface area (Å²) in [6.45, 7) is 0. The summed E-state index contributed by atoms with van der Waals surface area (Å²) in [7, 11) is 5.16. The average molecular weight is 391 g/mol. The van der Waals surface area contributed by atoms with Crippen LogP contribution in [-0.4, -0.2) is 43.5 Å². The summed E-state index contributed by atoms with van der Waals surface area (Å²) in [6.07, 6.45) is 6.18. The first-order valence-electron chi connectivity index (χ1n) is 8.97. The van der Waals surface area contributed by atoms with Crippen LogP contribution in [-0.2, 0) is 0 Å². The number of methoxy groups -OCH3 is 2. The van der Waals surface area contributed by atoms with Crippen molar-refractivity contribution in [2.45, 2.75) is 38.1 Å². The highest BCUT2D eigenvalue weighted by Crippen LogP contribution is 2.31. The molecule has 0 aliphatic heterocycles. The number of nitrogens with one attached hydrogen (secondary N) is 2. The zero-order chi connectivity index (χ0) is 19.2. The Hall–Kier alpha value is -2.55. The van der Waals surface area contributed by atoms with Gasteiger partial charge in [-0.1, -0.05) is 30.6 Å². The maximum Gasteiger partial charge on any atom is 0.325 e. The van der Waals surface area contributed by atoms with Gasteiger partial charge in [0, 0.05) is 24.8 Å². The van der Waals surface area contributed by atoms with Gasteiger partial charge in [-0.3, -0.25) is 5.32 Å². The van der Waals surface area contributed by atoms with Crippen molar-refractivity contribution in [3.05, 3.63) is 18.2 Å². The molecule has 1 heterocycles. The molecule has 2 amide bonds. The van der Waals surface area contributed by atoms with Crippen LogP contribution in [0.15, 0.2) is 18.2 Å². The largest absolute Gasteiger partial charge is 0.493 e. The molecule has 1 saturated carbocycles. The van der Waals surface area contributed by atoms with Crippen LogP contribution in [0.2, 0.25) is 0 Å². The van der Waals surface area contributed by atoms with E-state index in [1.165, 1.54) is 43.4 Å². The van der Waals surface area contributed by atoms with Crippen LogP contribution in [0.1, 0.15) is 32.1 Å². The van der Waals surface area contributed by atoms with Crippen LogP contribution in [0.4, 0.5) is 20.7 Å². The lowest BCUT2D eigenvalue weighted by molar-refractivity contribution is 0.262. The second kappa shape index (κ2) is 8.90. The summed E-state index contributed by atoms with van der Waals surface area (Å²) >= 11 is 1.37. The van der Waals surface area contributed by atoms with Gasteiger partial charge >= 0.3 is 6.03 Å². The molecule has 2 aromatic rings. The molecule has 1 aliphatic carbocycles. The smallest absolute Gasteiger partial charge is 0.325 e. The number of benzene rings is 1. The maximum absolute atomic E-state index is 12.2. The van der Waals surface area contributed by atoms with E-state index in [0.29, 0.717) is 28.4 Å². The van der Waals surface area contributed by atoms with E-state index in [2.05, 4.69) is 25.7 Å². The zero-order valence-electron chi connectivity index (χ0n) is 15.8. The number of ether oxygens (including phenoxy) is 2. The molecule has 27 heavy (non-hydrogen) atoms. The van der Waals surface area contributed by atoms with Crippen molar-refractivity contribution in [2.24, 2.45) is 0 Å². The number of amides is 2. The van der Waals surface area contributed by atoms with Crippen LogP contribution in [0, 0.1) is 0 Å². The molecule has 146 valence electrons. The first-order valence-corrected chi connectivity index (χ1v) is 9.78. The van der Waals surface area contributed by atoms with E-state index >= 15 is 0 Å². The van der Waals surface area contributed by atoms with Crippen molar-refractivity contribution in [2.75, 3.05) is 36.8 Å². The highest BCUT2D eigenvalue weighted by molar-refractivity contribution is 7.19. The first-order chi connectivity index (χ1) is 13.1. The van der Waals surface area contributed by atoms with Crippen LogP contribution >= 0.6 is 11.3 Å². The molecule has 3 rings (SSSR count). The third-order valence-corrected chi connectivity index (χ3v) is 5.63. The Morgan fingerprint density at radius 2 is 1.85 bits per heavy atom. The van der Waals surface area contributed by atoms with Crippen molar-refractivity contribution in [3.63, 3.8) is 0 Å². The van der Waals surface area contributed by atoms with Gasteiger partial charge in [-0.2, -0.15) is 0 Å². The lowest BCUT2D eigenvalue weighted by atomic mass is 9.95. The maximum atomic E-state index is 12.2. The summed E-state index contributed by atoms with van der Waals surface area (Å²) in [5, 5.41) is 15.1. The number of rotatable bonds is 6. The molecule has 0 unspecified atom stereocenters. The van der Waals surface area contributed by atoms with E-state index < -0.39 is 0 Å². The molecule has 1 aromatic carbocycles. The Morgan fingerprint density at radius 1 is 1.11 bits per heavy atom. The molecular weight excluding hydrogens is 366 g/mol. The summed E-state index contributed by atoms with van der Waals surface area (Å²) in [5.41, 5.74) is 0.592. The van der Waals surface area contributed by atoms with E-state index in [4.69, 9.17) is 9.47 Å². The van der Waals surface area contributed by atoms with Gasteiger partial charge in [0.25, 0.3) is 0 Å². The van der Waals surface area contributed by atoms with Crippen molar-refractivity contribution in [1.82, 2.24) is 10.2 Å². The van der Waals surface area contributed by atoms with E-state index in [0.717, 1.165) is 5.13 Å². The highest BCUT2D eigenvalue weighted by Gasteiger charge is 2.21. The minimum Gasteiger partial charge on any atom is -0.493 e. The lowest BCUT2D eigenvalue weighted by Crippen LogP contribution is -2.33. The van der Waals surface area contributed by atoms with Gasteiger partial charge in [0.15, 0.2) is 11.5 Å². The number of aromatic nitrogens is 2. The van der Waals surface area contributed by atoms with Gasteiger partial charge < -0.3 is 19.7 Å². The third-order valence-electron chi connectivity index (χ3n) is 4.70. The van der Waals surface area contributed by atoms with Gasteiger partial charge in [0.05, 0.1) is 14.2 Å². The molecule has 1 aromatic heterocycles. The molecule has 0 radical (unpaired) electrons. The van der Waals surface area contributed by atoms with Crippen molar-refractivity contribution in [3.8, 4) is 11.5 Å². The van der Waals surface area contributed by atoms with E-state index in [9.17, 15) is 4.79 Å². The number of hydrogen-bond acceptors (Lipinski definition) is 7. The zero-order valence-corrected chi connectivity index (χ0v) is 16.6. The SMILES string of the molecule is COc1ccc(NC(=O)Nc2nnc(N(C)C3CCCCC3)s2)cc1OC. The predicted molar refractivity (Wildman–Crippen MR) is 107 cm³/mol. The minimum atomic E-state index is -0.384. The number of hydrogen-bond donors (Lipinski definition) is 2. The Labute approximate surface area is 162 Å². The average Bonchev–Trinajstić information content (AvgIpc) is 3.16. The minimum absolute atomic E-state index is 0.384. The van der Waals surface area contributed by atoms with Crippen LogP contribution in [0.25, 0.3) is 0 Å². The Balaban J connectivity index is 1.59. The number of carbonyl (C=O) groups excluding carboxylic acids is 1. The number of nitrogens with zero attached hydrogens (tertiary/aromatic N) is 3. The Morgan fingerprint density at radius 3 is 2.56 bits per heavy atom. The molecular formula is C18H25N5O3S. The van der Waals surface area contributed by atoms with Crippen LogP contribution in [0.3, 0.4) is 0 Å². The number of urea groups is 1. The molecule has 0 spiro atoms. The summed E-state index contributed by atoms with van der Waals surface area (Å²) < 4.78 is 10.4. The lowest BCUT2D eigenvalue weighted by Gasteiger charge is -2.30. The van der Waals surface area contributed by atoms with Crippen molar-refractivity contribution >= 4 is 33.3 Å². The number of anilines is 3. The van der Waals surface area contributed by atoms with Crippen LogP contribution < -0.4 is 25.0 Å². The molecule has 9 heteroatoms. The Bertz CT molecular complexity index is 776. The standard InChI is InChI=1S/C18H25N5O3S/c1-23(13-7-5-4-6-8-13)18-22-21-17(27-18)20-16(24)19-12-9-10-14(25-2)15(11-12)26-3/h9-11,13H,4-8H2,1-3H3,(H2,19,20,21,24). The monoisotopic (exact) mass is 391 g/mol. The van der Waals surface area contributed by atoms with Gasteiger partial charge in [0.1, 0.15) is 0 Å². The predicted octanol–water partition coefficient (Wildman–Crippen LogP) is 3.97. The second-order valence-electron chi connectivity index (χ2n) is 6.44. The topological polar surface area (TPSA) is 88.6 Å². The molecule has 1 aliphatic rings. The molecule has 0 bridgehead atoms. The summed E-state index contributed by atoms with van der Waals surface area (Å²) in [6, 6.07) is 5.28. The van der Waals surface area contributed by atoms with Gasteiger partial charge in [-0.25, -0.2) is 4.79 Å². The number of carbonyl (C=O) groups is 1. The molecule has 1 fully saturated rings. The highest BCUT2D eigenvalue weighted by atomic mass is 32.1. The van der Waals surface area contributed by atoms with E-state index in [1.54, 1.807) is 32.4 Å². The quantitative estimate of drug-likeness (QED) is 0.775.